The van der Waals surface area contributed by atoms with E-state index in [1.807, 2.05) is 6.92 Å². The average molecular weight is 214 g/mol. The van der Waals surface area contributed by atoms with Crippen LogP contribution in [-0.2, 0) is 4.79 Å². The zero-order chi connectivity index (χ0) is 12.0. The highest BCUT2D eigenvalue weighted by atomic mass is 16.2. The molecule has 0 aliphatic heterocycles. The van der Waals surface area contributed by atoms with Gasteiger partial charge in [-0.15, -0.1) is 0 Å². The molecule has 0 radical (unpaired) electrons. The number of rotatable bonds is 6. The van der Waals surface area contributed by atoms with Gasteiger partial charge >= 0.3 is 0 Å². The number of nitrogens with two attached hydrogens (primary N) is 1. The summed E-state index contributed by atoms with van der Waals surface area (Å²) in [6.07, 6.45) is 1.89. The summed E-state index contributed by atoms with van der Waals surface area (Å²) in [5.41, 5.74) is 5.86. The van der Waals surface area contributed by atoms with Crippen molar-refractivity contribution in [3.05, 3.63) is 0 Å². The van der Waals surface area contributed by atoms with Crippen LogP contribution in [0.15, 0.2) is 0 Å². The van der Waals surface area contributed by atoms with Gasteiger partial charge in [-0.05, 0) is 18.3 Å². The second-order valence-corrected chi connectivity index (χ2v) is 4.68. The zero-order valence-electron chi connectivity index (χ0n) is 10.7. The summed E-state index contributed by atoms with van der Waals surface area (Å²) in [6, 6.07) is -0.129. The molecule has 15 heavy (non-hydrogen) atoms. The lowest BCUT2D eigenvalue weighted by atomic mass is 9.97. The van der Waals surface area contributed by atoms with Gasteiger partial charge in [0.05, 0.1) is 6.04 Å². The van der Waals surface area contributed by atoms with E-state index < -0.39 is 0 Å². The number of hydrogen-bond acceptors (Lipinski definition) is 2. The molecule has 0 saturated heterocycles. The van der Waals surface area contributed by atoms with E-state index in [0.29, 0.717) is 5.92 Å². The molecule has 90 valence electrons. The quantitative estimate of drug-likeness (QED) is 0.709. The highest BCUT2D eigenvalue weighted by Crippen LogP contribution is 2.09. The molecule has 3 nitrogen and oxygen atoms in total. The number of carbonyl (C=O) groups excluding carboxylic acids is 1. The van der Waals surface area contributed by atoms with Gasteiger partial charge in [0.25, 0.3) is 0 Å². The lowest BCUT2D eigenvalue weighted by Gasteiger charge is -2.24. The molecular weight excluding hydrogens is 188 g/mol. The van der Waals surface area contributed by atoms with Crippen LogP contribution in [-0.4, -0.2) is 18.0 Å². The van der Waals surface area contributed by atoms with Crippen molar-refractivity contribution in [2.75, 3.05) is 0 Å². The Balaban J connectivity index is 4.22. The van der Waals surface area contributed by atoms with Crippen molar-refractivity contribution in [2.24, 2.45) is 17.6 Å². The maximum absolute atomic E-state index is 11.8. The maximum atomic E-state index is 11.8. The van der Waals surface area contributed by atoms with Crippen LogP contribution in [0, 0.1) is 11.8 Å². The number of nitrogens with one attached hydrogen (secondary N) is 1. The molecule has 0 aliphatic carbocycles. The summed E-state index contributed by atoms with van der Waals surface area (Å²) < 4.78 is 0. The molecule has 0 rings (SSSR count). The standard InChI is InChI=1S/C12H26N2O/c1-6-9(5)11(13)12(15)14-10(7-2)8(3)4/h8-11H,6-7,13H2,1-5H3,(H,14,15). The molecule has 0 heterocycles. The van der Waals surface area contributed by atoms with Crippen molar-refractivity contribution in [3.63, 3.8) is 0 Å². The summed E-state index contributed by atoms with van der Waals surface area (Å²) in [6.45, 7) is 10.4. The summed E-state index contributed by atoms with van der Waals surface area (Å²) in [5, 5.41) is 3.02. The number of carbonyl (C=O) groups is 1. The van der Waals surface area contributed by atoms with Crippen LogP contribution in [0.4, 0.5) is 0 Å². The molecule has 0 bridgehead atoms. The predicted octanol–water partition coefficient (Wildman–Crippen LogP) is 1.91. The Morgan fingerprint density at radius 1 is 1.20 bits per heavy atom. The third kappa shape index (κ3) is 4.65. The van der Waals surface area contributed by atoms with Crippen LogP contribution < -0.4 is 11.1 Å². The first-order chi connectivity index (χ1) is 6.93. The fourth-order valence-corrected chi connectivity index (χ4v) is 1.53. The molecule has 0 aliphatic rings. The first-order valence-corrected chi connectivity index (χ1v) is 5.99. The Hall–Kier alpha value is -0.570. The van der Waals surface area contributed by atoms with Crippen LogP contribution >= 0.6 is 0 Å². The molecule has 3 atom stereocenters. The van der Waals surface area contributed by atoms with Gasteiger partial charge in [-0.2, -0.15) is 0 Å². The highest BCUT2D eigenvalue weighted by Gasteiger charge is 2.22. The highest BCUT2D eigenvalue weighted by molar-refractivity contribution is 5.82. The van der Waals surface area contributed by atoms with Crippen molar-refractivity contribution in [3.8, 4) is 0 Å². The predicted molar refractivity (Wildman–Crippen MR) is 64.5 cm³/mol. The number of hydrogen-bond donors (Lipinski definition) is 2. The Morgan fingerprint density at radius 3 is 2.07 bits per heavy atom. The van der Waals surface area contributed by atoms with Crippen molar-refractivity contribution in [2.45, 2.75) is 59.5 Å². The zero-order valence-corrected chi connectivity index (χ0v) is 10.7. The molecule has 0 fully saturated rings. The summed E-state index contributed by atoms with van der Waals surface area (Å²) in [5.74, 6) is 0.697. The molecule has 0 aromatic heterocycles. The van der Waals surface area contributed by atoms with E-state index in [1.54, 1.807) is 0 Å². The maximum Gasteiger partial charge on any atom is 0.237 e. The minimum absolute atomic E-state index is 0.00935. The Morgan fingerprint density at radius 2 is 1.73 bits per heavy atom. The molecule has 1 amide bonds. The van der Waals surface area contributed by atoms with Crippen molar-refractivity contribution in [1.29, 1.82) is 0 Å². The van der Waals surface area contributed by atoms with E-state index in [1.165, 1.54) is 0 Å². The second-order valence-electron chi connectivity index (χ2n) is 4.68. The van der Waals surface area contributed by atoms with Gasteiger partial charge in [0.2, 0.25) is 5.91 Å². The van der Waals surface area contributed by atoms with Gasteiger partial charge in [0, 0.05) is 6.04 Å². The largest absolute Gasteiger partial charge is 0.352 e. The number of amides is 1. The second kappa shape index (κ2) is 6.83. The Labute approximate surface area is 93.8 Å². The van der Waals surface area contributed by atoms with Crippen LogP contribution in [0.1, 0.15) is 47.5 Å². The van der Waals surface area contributed by atoms with E-state index in [9.17, 15) is 4.79 Å². The van der Waals surface area contributed by atoms with Gasteiger partial charge in [-0.1, -0.05) is 41.0 Å². The first kappa shape index (κ1) is 14.4. The van der Waals surface area contributed by atoms with Crippen molar-refractivity contribution < 1.29 is 4.79 Å². The Bertz CT molecular complexity index is 192. The minimum Gasteiger partial charge on any atom is -0.352 e. The molecular formula is C12H26N2O. The van der Waals surface area contributed by atoms with Crippen molar-refractivity contribution >= 4 is 5.91 Å². The monoisotopic (exact) mass is 214 g/mol. The van der Waals surface area contributed by atoms with Gasteiger partial charge in [0.1, 0.15) is 0 Å². The van der Waals surface area contributed by atoms with Crippen LogP contribution in [0.5, 0.6) is 0 Å². The molecule has 0 aromatic rings. The third-order valence-corrected chi connectivity index (χ3v) is 3.13. The third-order valence-electron chi connectivity index (χ3n) is 3.13. The van der Waals surface area contributed by atoms with Crippen LogP contribution in [0.3, 0.4) is 0 Å². The van der Waals surface area contributed by atoms with Gasteiger partial charge in [0.15, 0.2) is 0 Å². The SMILES string of the molecule is CCC(C)C(N)C(=O)NC(CC)C(C)C. The fraction of sp³-hybridized carbons (Fsp3) is 0.917. The first-order valence-electron chi connectivity index (χ1n) is 5.99. The normalized spacial score (nSPS) is 17.3. The molecule has 0 spiro atoms. The summed E-state index contributed by atoms with van der Waals surface area (Å²) in [7, 11) is 0. The molecule has 0 saturated carbocycles. The molecule has 0 aromatic carbocycles. The Kier molecular flexibility index (Phi) is 6.57. The summed E-state index contributed by atoms with van der Waals surface area (Å²) in [4.78, 5) is 11.8. The van der Waals surface area contributed by atoms with Crippen molar-refractivity contribution in [1.82, 2.24) is 5.32 Å². The molecule has 3 heteroatoms. The molecule has 3 unspecified atom stereocenters. The minimum atomic E-state index is -0.372. The van der Waals surface area contributed by atoms with Gasteiger partial charge in [-0.3, -0.25) is 4.79 Å². The van der Waals surface area contributed by atoms with Gasteiger partial charge in [-0.25, -0.2) is 0 Å². The topological polar surface area (TPSA) is 55.1 Å². The smallest absolute Gasteiger partial charge is 0.237 e. The average Bonchev–Trinajstić information content (AvgIpc) is 2.22. The van der Waals surface area contributed by atoms with E-state index in [-0.39, 0.29) is 23.9 Å². The van der Waals surface area contributed by atoms with E-state index >= 15 is 0 Å². The van der Waals surface area contributed by atoms with E-state index in [4.69, 9.17) is 5.73 Å². The molecule has 3 N–H and O–H groups in total. The lowest BCUT2D eigenvalue weighted by Crippen LogP contribution is -2.49. The summed E-state index contributed by atoms with van der Waals surface area (Å²) >= 11 is 0. The van der Waals surface area contributed by atoms with E-state index in [0.717, 1.165) is 12.8 Å². The van der Waals surface area contributed by atoms with Crippen LogP contribution in [0.25, 0.3) is 0 Å². The van der Waals surface area contributed by atoms with Crippen LogP contribution in [0.2, 0.25) is 0 Å². The fourth-order valence-electron chi connectivity index (χ4n) is 1.53. The lowest BCUT2D eigenvalue weighted by molar-refractivity contribution is -0.124. The van der Waals surface area contributed by atoms with Gasteiger partial charge < -0.3 is 11.1 Å². The van der Waals surface area contributed by atoms with E-state index in [2.05, 4.69) is 33.0 Å².